The van der Waals surface area contributed by atoms with Gasteiger partial charge in [0.2, 0.25) is 0 Å². The fourth-order valence-electron chi connectivity index (χ4n) is 2.24. The highest BCUT2D eigenvalue weighted by atomic mass is 19.4. The van der Waals surface area contributed by atoms with Crippen LogP contribution in [0, 0.1) is 0 Å². The molecule has 1 atom stereocenters. The molecule has 1 aromatic carbocycles. The van der Waals surface area contributed by atoms with E-state index in [1.54, 1.807) is 6.07 Å². The van der Waals surface area contributed by atoms with E-state index >= 15 is 0 Å². The van der Waals surface area contributed by atoms with Crippen LogP contribution >= 0.6 is 0 Å². The van der Waals surface area contributed by atoms with Crippen molar-refractivity contribution in [2.24, 2.45) is 0 Å². The van der Waals surface area contributed by atoms with E-state index in [9.17, 15) is 18.3 Å². The molecule has 1 unspecified atom stereocenters. The van der Waals surface area contributed by atoms with Crippen molar-refractivity contribution < 1.29 is 23.0 Å². The Hall–Kier alpha value is -1.11. The van der Waals surface area contributed by atoms with Gasteiger partial charge in [-0.2, -0.15) is 13.2 Å². The van der Waals surface area contributed by atoms with Gasteiger partial charge in [-0.15, -0.1) is 0 Å². The van der Waals surface area contributed by atoms with Gasteiger partial charge < -0.3 is 9.84 Å². The molecule has 0 radical (unpaired) electrons. The summed E-state index contributed by atoms with van der Waals surface area (Å²) >= 11 is 0. The molecule has 0 aromatic heterocycles. The van der Waals surface area contributed by atoms with Crippen LogP contribution in [-0.2, 0) is 10.9 Å². The average molecular weight is 275 g/mol. The molecule has 1 aromatic rings. The molecular formula is C13H16F3NO2. The summed E-state index contributed by atoms with van der Waals surface area (Å²) in [5.41, 5.74) is -0.198. The van der Waals surface area contributed by atoms with Crippen molar-refractivity contribution >= 4 is 0 Å². The fourth-order valence-corrected chi connectivity index (χ4v) is 2.24. The maximum atomic E-state index is 12.7. The van der Waals surface area contributed by atoms with Crippen molar-refractivity contribution in [1.29, 1.82) is 0 Å². The summed E-state index contributed by atoms with van der Waals surface area (Å²) in [7, 11) is 0. The first-order valence-electron chi connectivity index (χ1n) is 6.12. The van der Waals surface area contributed by atoms with Crippen LogP contribution in [0.15, 0.2) is 24.3 Å². The normalized spacial score (nSPS) is 19.4. The maximum absolute atomic E-state index is 12.7. The molecule has 1 aliphatic rings. The fraction of sp³-hybridized carbons (Fsp3) is 0.538. The zero-order valence-corrected chi connectivity index (χ0v) is 10.4. The van der Waals surface area contributed by atoms with Gasteiger partial charge in [-0.3, -0.25) is 4.90 Å². The van der Waals surface area contributed by atoms with Gasteiger partial charge in [0, 0.05) is 13.1 Å². The van der Waals surface area contributed by atoms with Crippen LogP contribution in [0.4, 0.5) is 13.2 Å². The third-order valence-corrected chi connectivity index (χ3v) is 3.26. The second-order valence-corrected chi connectivity index (χ2v) is 4.47. The highest BCUT2D eigenvalue weighted by Crippen LogP contribution is 2.32. The number of halogens is 3. The van der Waals surface area contributed by atoms with E-state index < -0.39 is 17.8 Å². The van der Waals surface area contributed by atoms with Gasteiger partial charge >= 0.3 is 6.18 Å². The Bertz CT molecular complexity index is 417. The number of aliphatic hydroxyl groups excluding tert-OH is 1. The molecule has 0 bridgehead atoms. The number of rotatable bonds is 3. The highest BCUT2D eigenvalue weighted by Gasteiger charge is 2.31. The highest BCUT2D eigenvalue weighted by molar-refractivity contribution is 5.28. The molecule has 0 aliphatic carbocycles. The van der Waals surface area contributed by atoms with E-state index in [1.807, 2.05) is 4.90 Å². The van der Waals surface area contributed by atoms with Crippen molar-refractivity contribution in [2.75, 3.05) is 32.9 Å². The summed E-state index contributed by atoms with van der Waals surface area (Å²) in [6.07, 6.45) is -4.36. The smallest absolute Gasteiger partial charge is 0.394 e. The summed E-state index contributed by atoms with van der Waals surface area (Å²) in [6, 6.07) is 4.73. The van der Waals surface area contributed by atoms with Crippen molar-refractivity contribution in [3.63, 3.8) is 0 Å². The first-order chi connectivity index (χ1) is 9.02. The Balaban J connectivity index is 2.22. The van der Waals surface area contributed by atoms with Crippen molar-refractivity contribution in [3.05, 3.63) is 35.4 Å². The predicted octanol–water partition coefficient (Wildman–Crippen LogP) is 2.07. The van der Waals surface area contributed by atoms with E-state index in [-0.39, 0.29) is 6.61 Å². The van der Waals surface area contributed by atoms with Crippen LogP contribution in [-0.4, -0.2) is 42.9 Å². The van der Waals surface area contributed by atoms with Gasteiger partial charge in [-0.1, -0.05) is 12.1 Å². The Kier molecular flexibility index (Phi) is 4.44. The largest absolute Gasteiger partial charge is 0.416 e. The Morgan fingerprint density at radius 2 is 1.95 bits per heavy atom. The third-order valence-electron chi connectivity index (χ3n) is 3.26. The van der Waals surface area contributed by atoms with E-state index in [0.717, 1.165) is 12.1 Å². The second-order valence-electron chi connectivity index (χ2n) is 4.47. The van der Waals surface area contributed by atoms with E-state index in [0.29, 0.717) is 31.9 Å². The number of hydrogen-bond donors (Lipinski definition) is 1. The Morgan fingerprint density at radius 1 is 1.26 bits per heavy atom. The molecule has 2 rings (SSSR count). The monoisotopic (exact) mass is 275 g/mol. The minimum absolute atomic E-state index is 0.207. The van der Waals surface area contributed by atoms with Crippen LogP contribution in [0.25, 0.3) is 0 Å². The number of nitrogens with zero attached hydrogens (tertiary/aromatic N) is 1. The van der Waals surface area contributed by atoms with Crippen LogP contribution in [0.1, 0.15) is 17.2 Å². The summed E-state index contributed by atoms with van der Waals surface area (Å²) in [5, 5.41) is 9.46. The maximum Gasteiger partial charge on any atom is 0.416 e. The summed E-state index contributed by atoms with van der Waals surface area (Å²) in [4.78, 5) is 1.94. The van der Waals surface area contributed by atoms with E-state index in [4.69, 9.17) is 4.74 Å². The lowest BCUT2D eigenvalue weighted by Crippen LogP contribution is -2.40. The van der Waals surface area contributed by atoms with Gasteiger partial charge in [-0.25, -0.2) is 0 Å². The lowest BCUT2D eigenvalue weighted by Gasteiger charge is -2.33. The number of morpholine rings is 1. The molecule has 19 heavy (non-hydrogen) atoms. The van der Waals surface area contributed by atoms with Gasteiger partial charge in [0.15, 0.2) is 0 Å². The Labute approximate surface area is 109 Å². The summed E-state index contributed by atoms with van der Waals surface area (Å²) < 4.78 is 43.2. The van der Waals surface area contributed by atoms with Crippen molar-refractivity contribution in [3.8, 4) is 0 Å². The first kappa shape index (κ1) is 14.3. The van der Waals surface area contributed by atoms with Gasteiger partial charge in [-0.05, 0) is 17.7 Å². The van der Waals surface area contributed by atoms with E-state index in [2.05, 4.69) is 0 Å². The molecule has 3 nitrogen and oxygen atoms in total. The zero-order chi connectivity index (χ0) is 13.9. The summed E-state index contributed by atoms with van der Waals surface area (Å²) in [6.45, 7) is 2.09. The minimum Gasteiger partial charge on any atom is -0.394 e. The van der Waals surface area contributed by atoms with Crippen molar-refractivity contribution in [1.82, 2.24) is 4.90 Å². The molecule has 1 heterocycles. The number of benzene rings is 1. The molecule has 0 spiro atoms. The summed E-state index contributed by atoms with van der Waals surface area (Å²) in [5.74, 6) is 0. The molecule has 1 saturated heterocycles. The van der Waals surface area contributed by atoms with Crippen LogP contribution < -0.4 is 0 Å². The minimum atomic E-state index is -4.36. The number of alkyl halides is 3. The number of aliphatic hydroxyl groups is 1. The molecule has 6 heteroatoms. The molecule has 106 valence electrons. The number of ether oxygens (including phenoxy) is 1. The lowest BCUT2D eigenvalue weighted by atomic mass is 10.0. The lowest BCUT2D eigenvalue weighted by molar-refractivity contribution is -0.137. The van der Waals surface area contributed by atoms with Gasteiger partial charge in [0.25, 0.3) is 0 Å². The average Bonchev–Trinajstić information content (AvgIpc) is 2.40. The molecule has 1 N–H and O–H groups in total. The zero-order valence-electron chi connectivity index (χ0n) is 10.4. The molecule has 0 amide bonds. The topological polar surface area (TPSA) is 32.7 Å². The molecule has 0 saturated carbocycles. The standard InChI is InChI=1S/C13H16F3NO2/c14-13(15,16)11-3-1-2-10(8-11)12(9-18)17-4-6-19-7-5-17/h1-3,8,12,18H,4-7,9H2. The Morgan fingerprint density at radius 3 is 2.53 bits per heavy atom. The van der Waals surface area contributed by atoms with Crippen molar-refractivity contribution in [2.45, 2.75) is 12.2 Å². The van der Waals surface area contributed by atoms with Crippen LogP contribution in [0.3, 0.4) is 0 Å². The first-order valence-corrected chi connectivity index (χ1v) is 6.12. The van der Waals surface area contributed by atoms with Crippen LogP contribution in [0.5, 0.6) is 0 Å². The predicted molar refractivity (Wildman–Crippen MR) is 63.7 cm³/mol. The SMILES string of the molecule is OCC(c1cccc(C(F)(F)F)c1)N1CCOCC1. The van der Waals surface area contributed by atoms with Gasteiger partial charge in [0.05, 0.1) is 31.4 Å². The molecular weight excluding hydrogens is 259 g/mol. The number of hydrogen-bond acceptors (Lipinski definition) is 3. The third kappa shape index (κ3) is 3.46. The quantitative estimate of drug-likeness (QED) is 0.916. The molecule has 1 fully saturated rings. The second kappa shape index (κ2) is 5.90. The molecule has 1 aliphatic heterocycles. The van der Waals surface area contributed by atoms with E-state index in [1.165, 1.54) is 6.07 Å². The van der Waals surface area contributed by atoms with Gasteiger partial charge in [0.1, 0.15) is 0 Å². The van der Waals surface area contributed by atoms with Crippen LogP contribution in [0.2, 0.25) is 0 Å².